The predicted molar refractivity (Wildman–Crippen MR) is 81.9 cm³/mol. The van der Waals surface area contributed by atoms with Crippen LogP contribution in [0.4, 0.5) is 13.2 Å². The average Bonchev–Trinajstić information content (AvgIpc) is 2.54. The molecule has 2 rings (SSSR count). The first-order valence-electron chi connectivity index (χ1n) is 7.08. The lowest BCUT2D eigenvalue weighted by Gasteiger charge is -2.36. The summed E-state index contributed by atoms with van der Waals surface area (Å²) in [5, 5.41) is 2.38. The Morgan fingerprint density at radius 1 is 1.39 bits per heavy atom. The minimum absolute atomic E-state index is 0.295. The fourth-order valence-electron chi connectivity index (χ4n) is 2.43. The van der Waals surface area contributed by atoms with Crippen LogP contribution in [0.5, 0.6) is 0 Å². The van der Waals surface area contributed by atoms with Crippen LogP contribution in [0.15, 0.2) is 24.3 Å². The first-order valence-corrected chi connectivity index (χ1v) is 8.23. The lowest BCUT2D eigenvalue weighted by atomic mass is 10.0. The monoisotopic (exact) mass is 346 g/mol. The van der Waals surface area contributed by atoms with E-state index in [9.17, 15) is 22.8 Å². The Balaban J connectivity index is 2.24. The average molecular weight is 346 g/mol. The van der Waals surface area contributed by atoms with Crippen molar-refractivity contribution in [2.45, 2.75) is 18.6 Å². The van der Waals surface area contributed by atoms with Crippen LogP contribution in [0.2, 0.25) is 0 Å². The van der Waals surface area contributed by atoms with Crippen LogP contribution in [0.25, 0.3) is 0 Å². The van der Waals surface area contributed by atoms with Crippen LogP contribution in [-0.4, -0.2) is 41.8 Å². The lowest BCUT2D eigenvalue weighted by Crippen LogP contribution is -2.42. The Labute approximate surface area is 136 Å². The van der Waals surface area contributed by atoms with E-state index in [4.69, 9.17) is 0 Å². The minimum Gasteiger partial charge on any atom is -0.359 e. The van der Waals surface area contributed by atoms with E-state index in [2.05, 4.69) is 5.32 Å². The van der Waals surface area contributed by atoms with Crippen molar-refractivity contribution in [3.8, 4) is 0 Å². The largest absolute Gasteiger partial charge is 0.416 e. The van der Waals surface area contributed by atoms with Crippen molar-refractivity contribution in [3.63, 3.8) is 0 Å². The molecule has 0 spiro atoms. The van der Waals surface area contributed by atoms with Gasteiger partial charge in [-0.2, -0.15) is 24.9 Å². The van der Waals surface area contributed by atoms with Gasteiger partial charge in [0.15, 0.2) is 0 Å². The van der Waals surface area contributed by atoms with Gasteiger partial charge in [-0.3, -0.25) is 9.59 Å². The van der Waals surface area contributed by atoms with E-state index in [0.717, 1.165) is 12.1 Å². The van der Waals surface area contributed by atoms with Crippen LogP contribution in [-0.2, 0) is 15.8 Å². The van der Waals surface area contributed by atoms with Crippen molar-refractivity contribution in [1.29, 1.82) is 0 Å². The molecule has 23 heavy (non-hydrogen) atoms. The molecule has 0 radical (unpaired) electrons. The van der Waals surface area contributed by atoms with Gasteiger partial charge in [-0.05, 0) is 17.7 Å². The minimum atomic E-state index is -4.42. The van der Waals surface area contributed by atoms with E-state index in [1.165, 1.54) is 18.0 Å². The molecule has 1 aliphatic rings. The second-order valence-corrected chi connectivity index (χ2v) is 6.30. The zero-order chi connectivity index (χ0) is 17.0. The molecule has 2 amide bonds. The fourth-order valence-corrected chi connectivity index (χ4v) is 3.52. The Kier molecular flexibility index (Phi) is 5.56. The summed E-state index contributed by atoms with van der Waals surface area (Å²) in [5.74, 6) is 0.443. The zero-order valence-corrected chi connectivity index (χ0v) is 13.3. The maximum absolute atomic E-state index is 12.9. The Hall–Kier alpha value is -1.70. The molecule has 0 aromatic heterocycles. The van der Waals surface area contributed by atoms with Gasteiger partial charge < -0.3 is 10.2 Å². The molecule has 1 aromatic rings. The van der Waals surface area contributed by atoms with E-state index in [0.29, 0.717) is 23.6 Å². The highest BCUT2D eigenvalue weighted by Crippen LogP contribution is 2.34. The van der Waals surface area contributed by atoms with E-state index < -0.39 is 23.7 Å². The van der Waals surface area contributed by atoms with Crippen LogP contribution in [0, 0.1) is 0 Å². The summed E-state index contributed by atoms with van der Waals surface area (Å²) in [6.45, 7) is 0.418. The molecule has 1 heterocycles. The first-order chi connectivity index (χ1) is 10.8. The molecular formula is C15H17F3N2O2S. The summed E-state index contributed by atoms with van der Waals surface area (Å²) >= 11 is 1.58. The highest BCUT2D eigenvalue weighted by molar-refractivity contribution is 7.99. The summed E-state index contributed by atoms with van der Waals surface area (Å²) in [6.07, 6.45) is -4.72. The maximum Gasteiger partial charge on any atom is 0.416 e. The molecule has 8 heteroatoms. The number of nitrogens with zero attached hydrogens (tertiary/aromatic N) is 1. The summed E-state index contributed by atoms with van der Waals surface area (Å²) in [5.41, 5.74) is -0.290. The van der Waals surface area contributed by atoms with Gasteiger partial charge >= 0.3 is 6.18 Å². The van der Waals surface area contributed by atoms with Crippen LogP contribution in [0.1, 0.15) is 23.6 Å². The lowest BCUT2D eigenvalue weighted by molar-refractivity contribution is -0.137. The number of hydrogen-bond acceptors (Lipinski definition) is 3. The number of nitrogens with one attached hydrogen (secondary N) is 1. The third kappa shape index (κ3) is 4.40. The van der Waals surface area contributed by atoms with Crippen LogP contribution < -0.4 is 5.32 Å². The van der Waals surface area contributed by atoms with Gasteiger partial charge in [-0.15, -0.1) is 0 Å². The van der Waals surface area contributed by atoms with Crippen molar-refractivity contribution >= 4 is 23.6 Å². The maximum atomic E-state index is 12.9. The number of carbonyl (C=O) groups excluding carboxylic acids is 2. The topological polar surface area (TPSA) is 49.4 Å². The molecule has 1 fully saturated rings. The van der Waals surface area contributed by atoms with Crippen molar-refractivity contribution in [3.05, 3.63) is 35.4 Å². The van der Waals surface area contributed by atoms with Crippen molar-refractivity contribution < 1.29 is 22.8 Å². The molecule has 1 aliphatic heterocycles. The smallest absolute Gasteiger partial charge is 0.359 e. The Morgan fingerprint density at radius 3 is 2.78 bits per heavy atom. The number of benzene rings is 1. The molecule has 1 atom stereocenters. The van der Waals surface area contributed by atoms with E-state index in [1.807, 2.05) is 0 Å². The van der Waals surface area contributed by atoms with Gasteiger partial charge in [0.2, 0.25) is 11.8 Å². The van der Waals surface area contributed by atoms with Gasteiger partial charge in [-0.1, -0.05) is 12.1 Å². The Morgan fingerprint density at radius 2 is 2.13 bits per heavy atom. The number of hydrogen-bond donors (Lipinski definition) is 1. The number of alkyl halides is 3. The molecule has 0 aliphatic carbocycles. The second-order valence-electron chi connectivity index (χ2n) is 5.15. The summed E-state index contributed by atoms with van der Waals surface area (Å²) < 4.78 is 38.6. The summed E-state index contributed by atoms with van der Waals surface area (Å²) in [4.78, 5) is 25.1. The zero-order valence-electron chi connectivity index (χ0n) is 12.5. The van der Waals surface area contributed by atoms with E-state index in [1.54, 1.807) is 17.8 Å². The van der Waals surface area contributed by atoms with Gasteiger partial charge in [0.1, 0.15) is 6.42 Å². The van der Waals surface area contributed by atoms with E-state index in [-0.39, 0.29) is 12.3 Å². The van der Waals surface area contributed by atoms with Gasteiger partial charge in [0.25, 0.3) is 0 Å². The first kappa shape index (κ1) is 17.7. The fraction of sp³-hybridized carbons (Fsp3) is 0.467. The predicted octanol–water partition coefficient (Wildman–Crippen LogP) is 2.46. The van der Waals surface area contributed by atoms with Crippen LogP contribution >= 0.6 is 11.8 Å². The van der Waals surface area contributed by atoms with Gasteiger partial charge in [0.05, 0.1) is 11.6 Å². The summed E-state index contributed by atoms with van der Waals surface area (Å²) in [6, 6.07) is 4.57. The van der Waals surface area contributed by atoms with Crippen molar-refractivity contribution in [1.82, 2.24) is 10.2 Å². The molecule has 0 unspecified atom stereocenters. The molecule has 126 valence electrons. The highest BCUT2D eigenvalue weighted by Gasteiger charge is 2.33. The molecule has 1 saturated heterocycles. The standard InChI is InChI=1S/C15H17F3N2O2S/c1-19-13(21)8-14(22)20-5-6-23-9-12(20)10-3-2-4-11(7-10)15(16,17)18/h2-4,7,12H,5-6,8-9H2,1H3,(H,19,21)/t12-/m0/s1. The number of carbonyl (C=O) groups is 2. The quantitative estimate of drug-likeness (QED) is 0.856. The SMILES string of the molecule is CNC(=O)CC(=O)N1CCSC[C@H]1c1cccc(C(F)(F)F)c1. The third-order valence-electron chi connectivity index (χ3n) is 3.64. The van der Waals surface area contributed by atoms with Crippen molar-refractivity contribution in [2.75, 3.05) is 25.1 Å². The number of rotatable bonds is 3. The number of amides is 2. The number of thioether (sulfide) groups is 1. The van der Waals surface area contributed by atoms with Gasteiger partial charge in [-0.25, -0.2) is 0 Å². The molecule has 1 aromatic carbocycles. The summed E-state index contributed by atoms with van der Waals surface area (Å²) in [7, 11) is 1.44. The molecule has 0 saturated carbocycles. The van der Waals surface area contributed by atoms with E-state index >= 15 is 0 Å². The molecular weight excluding hydrogens is 329 g/mol. The molecule has 1 N–H and O–H groups in total. The van der Waals surface area contributed by atoms with Crippen LogP contribution in [0.3, 0.4) is 0 Å². The number of halogens is 3. The normalized spacial score (nSPS) is 18.6. The second kappa shape index (κ2) is 7.25. The highest BCUT2D eigenvalue weighted by atomic mass is 32.2. The Bertz CT molecular complexity index is 592. The van der Waals surface area contributed by atoms with Crippen molar-refractivity contribution in [2.24, 2.45) is 0 Å². The molecule has 0 bridgehead atoms. The van der Waals surface area contributed by atoms with Gasteiger partial charge in [0, 0.05) is 25.1 Å². The third-order valence-corrected chi connectivity index (χ3v) is 4.66. The molecule has 4 nitrogen and oxygen atoms in total.